The van der Waals surface area contributed by atoms with E-state index in [9.17, 15) is 13.2 Å². The molecule has 0 bridgehead atoms. The van der Waals surface area contributed by atoms with Crippen LogP contribution in [0.15, 0.2) is 24.3 Å². The van der Waals surface area contributed by atoms with Crippen LogP contribution in [0.25, 0.3) is 0 Å². The van der Waals surface area contributed by atoms with Crippen molar-refractivity contribution in [3.8, 4) is 6.07 Å². The number of urea groups is 1. The van der Waals surface area contributed by atoms with Gasteiger partial charge in [-0.05, 0) is 30.7 Å². The number of hydrogen-bond donors (Lipinski definition) is 1. The maximum atomic E-state index is 12.3. The number of carbonyl (C=O) groups excluding carboxylic acids is 1. The van der Waals surface area contributed by atoms with E-state index in [1.54, 1.807) is 29.2 Å². The van der Waals surface area contributed by atoms with Gasteiger partial charge in [-0.2, -0.15) is 5.26 Å². The summed E-state index contributed by atoms with van der Waals surface area (Å²) in [5, 5.41) is 11.6. The summed E-state index contributed by atoms with van der Waals surface area (Å²) in [6.45, 7) is 2.55. The van der Waals surface area contributed by atoms with Gasteiger partial charge in [-0.3, -0.25) is 4.90 Å². The molecule has 2 heterocycles. The molecule has 1 N–H and O–H groups in total. The number of sulfone groups is 1. The van der Waals surface area contributed by atoms with Crippen molar-refractivity contribution >= 4 is 21.6 Å². The summed E-state index contributed by atoms with van der Waals surface area (Å²) in [6, 6.07) is 8.70. The van der Waals surface area contributed by atoms with Crippen LogP contribution in [0.3, 0.4) is 0 Å². The number of anilines is 1. The molecule has 0 aliphatic carbocycles. The zero-order chi connectivity index (χ0) is 17.2. The SMILES string of the molecule is N#Cc1ccc(NC(=O)N2CCN(C3CCS(=O)(=O)C3)CC2)cc1. The van der Waals surface area contributed by atoms with Crippen molar-refractivity contribution in [2.45, 2.75) is 12.5 Å². The second-order valence-electron chi connectivity index (χ2n) is 6.20. The molecule has 1 atom stereocenters. The molecule has 2 saturated heterocycles. The second-order valence-corrected chi connectivity index (χ2v) is 8.43. The van der Waals surface area contributed by atoms with Gasteiger partial charge in [-0.25, -0.2) is 13.2 Å². The molecule has 2 amide bonds. The lowest BCUT2D eigenvalue weighted by molar-refractivity contribution is 0.121. The summed E-state index contributed by atoms with van der Waals surface area (Å²) in [5.41, 5.74) is 1.21. The largest absolute Gasteiger partial charge is 0.322 e. The van der Waals surface area contributed by atoms with Crippen molar-refractivity contribution in [3.63, 3.8) is 0 Å². The van der Waals surface area contributed by atoms with Gasteiger partial charge in [0, 0.05) is 37.9 Å². The van der Waals surface area contributed by atoms with Crippen LogP contribution in [-0.2, 0) is 9.84 Å². The Morgan fingerprint density at radius 1 is 1.17 bits per heavy atom. The minimum Gasteiger partial charge on any atom is -0.322 e. The molecular weight excluding hydrogens is 328 g/mol. The first-order chi connectivity index (χ1) is 11.5. The van der Waals surface area contributed by atoms with E-state index in [2.05, 4.69) is 10.2 Å². The number of benzene rings is 1. The zero-order valence-corrected chi connectivity index (χ0v) is 14.1. The normalized spacial score (nSPS) is 23.6. The highest BCUT2D eigenvalue weighted by Gasteiger charge is 2.34. The van der Waals surface area contributed by atoms with Gasteiger partial charge in [0.25, 0.3) is 0 Å². The molecule has 24 heavy (non-hydrogen) atoms. The van der Waals surface area contributed by atoms with Crippen LogP contribution < -0.4 is 5.32 Å². The van der Waals surface area contributed by atoms with Crippen LogP contribution in [0.2, 0.25) is 0 Å². The quantitative estimate of drug-likeness (QED) is 0.857. The number of rotatable bonds is 2. The Morgan fingerprint density at radius 2 is 1.83 bits per heavy atom. The van der Waals surface area contributed by atoms with Crippen molar-refractivity contribution in [3.05, 3.63) is 29.8 Å². The second kappa shape index (κ2) is 6.79. The monoisotopic (exact) mass is 348 g/mol. The number of nitrogens with one attached hydrogen (secondary N) is 1. The number of nitrogens with zero attached hydrogens (tertiary/aromatic N) is 3. The summed E-state index contributed by atoms with van der Waals surface area (Å²) < 4.78 is 23.2. The minimum absolute atomic E-state index is 0.0961. The molecule has 2 aliphatic rings. The highest BCUT2D eigenvalue weighted by molar-refractivity contribution is 7.91. The third-order valence-corrected chi connectivity index (χ3v) is 6.34. The predicted molar refractivity (Wildman–Crippen MR) is 90.4 cm³/mol. The fraction of sp³-hybridized carbons (Fsp3) is 0.500. The lowest BCUT2D eigenvalue weighted by Crippen LogP contribution is -2.53. The molecule has 0 aromatic heterocycles. The van der Waals surface area contributed by atoms with Gasteiger partial charge in [0.2, 0.25) is 0 Å². The predicted octanol–water partition coefficient (Wildman–Crippen LogP) is 0.895. The van der Waals surface area contributed by atoms with Crippen LogP contribution in [-0.4, -0.2) is 68.0 Å². The lowest BCUT2D eigenvalue weighted by atomic mass is 10.2. The minimum atomic E-state index is -2.88. The van der Waals surface area contributed by atoms with Gasteiger partial charge in [0.15, 0.2) is 9.84 Å². The van der Waals surface area contributed by atoms with Gasteiger partial charge in [-0.1, -0.05) is 0 Å². The standard InChI is InChI=1S/C16H20N4O3S/c17-11-13-1-3-14(4-2-13)18-16(21)20-8-6-19(7-9-20)15-5-10-24(22,23)12-15/h1-4,15H,5-10,12H2,(H,18,21). The molecule has 1 aromatic rings. The Hall–Kier alpha value is -2.11. The summed E-state index contributed by atoms with van der Waals surface area (Å²) >= 11 is 0. The van der Waals surface area contributed by atoms with Gasteiger partial charge in [-0.15, -0.1) is 0 Å². The van der Waals surface area contributed by atoms with E-state index >= 15 is 0 Å². The van der Waals surface area contributed by atoms with Crippen LogP contribution >= 0.6 is 0 Å². The van der Waals surface area contributed by atoms with Crippen LogP contribution in [0.1, 0.15) is 12.0 Å². The zero-order valence-electron chi connectivity index (χ0n) is 13.3. The summed E-state index contributed by atoms with van der Waals surface area (Å²) in [5.74, 6) is 0.515. The van der Waals surface area contributed by atoms with Gasteiger partial charge in [0.05, 0.1) is 23.1 Å². The maximum Gasteiger partial charge on any atom is 0.321 e. The van der Waals surface area contributed by atoms with E-state index in [4.69, 9.17) is 5.26 Å². The first-order valence-corrected chi connectivity index (χ1v) is 9.79. The molecule has 7 nitrogen and oxygen atoms in total. The van der Waals surface area contributed by atoms with E-state index < -0.39 is 9.84 Å². The van der Waals surface area contributed by atoms with Crippen LogP contribution in [0.4, 0.5) is 10.5 Å². The smallest absolute Gasteiger partial charge is 0.321 e. The first kappa shape index (κ1) is 16.7. The van der Waals surface area contributed by atoms with E-state index in [0.717, 1.165) is 0 Å². The fourth-order valence-electron chi connectivity index (χ4n) is 3.18. The molecule has 2 fully saturated rings. The number of piperazine rings is 1. The molecule has 0 saturated carbocycles. The molecule has 1 aromatic carbocycles. The Balaban J connectivity index is 1.51. The molecule has 128 valence electrons. The number of carbonyl (C=O) groups is 1. The molecule has 0 spiro atoms. The summed E-state index contributed by atoms with van der Waals surface area (Å²) in [4.78, 5) is 16.2. The highest BCUT2D eigenvalue weighted by Crippen LogP contribution is 2.19. The third-order valence-electron chi connectivity index (χ3n) is 4.59. The van der Waals surface area contributed by atoms with Gasteiger partial charge >= 0.3 is 6.03 Å². The van der Waals surface area contributed by atoms with Crippen molar-refractivity contribution < 1.29 is 13.2 Å². The lowest BCUT2D eigenvalue weighted by Gasteiger charge is -2.37. The molecular formula is C16H20N4O3S. The topological polar surface area (TPSA) is 93.5 Å². The number of nitriles is 1. The number of hydrogen-bond acceptors (Lipinski definition) is 5. The Bertz CT molecular complexity index is 747. The Morgan fingerprint density at radius 3 is 2.38 bits per heavy atom. The highest BCUT2D eigenvalue weighted by atomic mass is 32.2. The van der Waals surface area contributed by atoms with E-state index in [1.165, 1.54) is 0 Å². The summed E-state index contributed by atoms with van der Waals surface area (Å²) in [6.07, 6.45) is 0.694. The van der Waals surface area contributed by atoms with Crippen molar-refractivity contribution in [2.75, 3.05) is 43.0 Å². The maximum absolute atomic E-state index is 12.3. The van der Waals surface area contributed by atoms with Crippen LogP contribution in [0.5, 0.6) is 0 Å². The fourth-order valence-corrected chi connectivity index (χ4v) is 4.95. The molecule has 3 rings (SSSR count). The van der Waals surface area contributed by atoms with Crippen molar-refractivity contribution in [2.24, 2.45) is 0 Å². The first-order valence-electron chi connectivity index (χ1n) is 7.97. The average Bonchev–Trinajstić information content (AvgIpc) is 2.95. The van der Waals surface area contributed by atoms with Crippen molar-refractivity contribution in [1.82, 2.24) is 9.80 Å². The van der Waals surface area contributed by atoms with Crippen molar-refractivity contribution in [1.29, 1.82) is 5.26 Å². The Kier molecular flexibility index (Phi) is 4.73. The third kappa shape index (κ3) is 3.86. The molecule has 0 radical (unpaired) electrons. The molecule has 8 heteroatoms. The van der Waals surface area contributed by atoms with E-state index in [0.29, 0.717) is 43.9 Å². The molecule has 1 unspecified atom stereocenters. The molecule has 2 aliphatic heterocycles. The average molecular weight is 348 g/mol. The Labute approximate surface area is 141 Å². The van der Waals surface area contributed by atoms with Gasteiger partial charge in [0.1, 0.15) is 0 Å². The number of amides is 2. The van der Waals surface area contributed by atoms with Gasteiger partial charge < -0.3 is 10.2 Å². The summed E-state index contributed by atoms with van der Waals surface area (Å²) in [7, 11) is -2.88. The van der Waals surface area contributed by atoms with Crippen LogP contribution in [0, 0.1) is 11.3 Å². The van der Waals surface area contributed by atoms with E-state index in [-0.39, 0.29) is 23.6 Å². The van der Waals surface area contributed by atoms with E-state index in [1.807, 2.05) is 6.07 Å².